The van der Waals surface area contributed by atoms with Gasteiger partial charge in [0, 0.05) is 45.2 Å². The van der Waals surface area contributed by atoms with Crippen LogP contribution in [-0.4, -0.2) is 69.9 Å². The lowest BCUT2D eigenvalue weighted by molar-refractivity contribution is -0.134. The lowest BCUT2D eigenvalue weighted by Crippen LogP contribution is -2.47. The first-order valence-corrected chi connectivity index (χ1v) is 11.4. The highest BCUT2D eigenvalue weighted by molar-refractivity contribution is 14.0. The minimum atomic E-state index is 0. The number of amides is 1. The normalized spacial score (nSPS) is 24.5. The number of guanidine groups is 1. The van der Waals surface area contributed by atoms with Gasteiger partial charge in [-0.2, -0.15) is 0 Å². The molecular formula is C21H36IN7O2. The van der Waals surface area contributed by atoms with Gasteiger partial charge in [0.1, 0.15) is 12.4 Å². The average Bonchev–Trinajstić information content (AvgIpc) is 3.54. The van der Waals surface area contributed by atoms with Crippen LogP contribution in [0.1, 0.15) is 56.6 Å². The smallest absolute Gasteiger partial charge is 0.225 e. The molecule has 2 N–H and O–H groups in total. The van der Waals surface area contributed by atoms with Crippen molar-refractivity contribution < 1.29 is 9.53 Å². The molecule has 0 bridgehead atoms. The van der Waals surface area contributed by atoms with Gasteiger partial charge < -0.3 is 24.8 Å². The molecule has 1 aliphatic carbocycles. The predicted molar refractivity (Wildman–Crippen MR) is 129 cm³/mol. The van der Waals surface area contributed by atoms with Gasteiger partial charge >= 0.3 is 0 Å². The number of nitrogens with zero attached hydrogens (tertiary/aromatic N) is 5. The van der Waals surface area contributed by atoms with Crippen LogP contribution in [0.4, 0.5) is 0 Å². The molecule has 10 heteroatoms. The molecule has 174 valence electrons. The van der Waals surface area contributed by atoms with E-state index in [-0.39, 0.29) is 42.0 Å². The van der Waals surface area contributed by atoms with Crippen molar-refractivity contribution in [2.24, 2.45) is 18.0 Å². The molecule has 3 fully saturated rings. The predicted octanol–water partition coefficient (Wildman–Crippen LogP) is 1.75. The Balaban J connectivity index is 0.00000272. The second-order valence-electron chi connectivity index (χ2n) is 8.80. The Kier molecular flexibility index (Phi) is 8.94. The molecule has 0 radical (unpaired) electrons. The Labute approximate surface area is 201 Å². The SMILES string of the molecule is Cc1nnc(CN=C(NCC2CCCO2)NC2CCN(C(=O)C3CCCC3)C2)n1C.I. The number of rotatable bonds is 6. The quantitative estimate of drug-likeness (QED) is 0.321. The Morgan fingerprint density at radius 3 is 2.68 bits per heavy atom. The van der Waals surface area contributed by atoms with E-state index in [1.54, 1.807) is 0 Å². The van der Waals surface area contributed by atoms with Gasteiger partial charge in [0.25, 0.3) is 0 Å². The number of likely N-dealkylation sites (tertiary alicyclic amines) is 1. The number of aryl methyl sites for hydroxylation is 1. The number of carbonyl (C=O) groups excluding carboxylic acids is 1. The number of aromatic nitrogens is 3. The second-order valence-corrected chi connectivity index (χ2v) is 8.80. The van der Waals surface area contributed by atoms with E-state index in [0.29, 0.717) is 12.5 Å². The summed E-state index contributed by atoms with van der Waals surface area (Å²) in [6.45, 7) is 5.54. The molecule has 0 spiro atoms. The van der Waals surface area contributed by atoms with Gasteiger partial charge in [-0.25, -0.2) is 4.99 Å². The summed E-state index contributed by atoms with van der Waals surface area (Å²) in [7, 11) is 1.95. The van der Waals surface area contributed by atoms with Gasteiger partial charge in [0.2, 0.25) is 5.91 Å². The maximum atomic E-state index is 12.7. The fourth-order valence-electron chi connectivity index (χ4n) is 4.61. The molecule has 2 aliphatic heterocycles. The Bertz CT molecular complexity index is 757. The van der Waals surface area contributed by atoms with Crippen LogP contribution in [0.2, 0.25) is 0 Å². The van der Waals surface area contributed by atoms with Gasteiger partial charge in [-0.15, -0.1) is 34.2 Å². The fourth-order valence-corrected chi connectivity index (χ4v) is 4.61. The van der Waals surface area contributed by atoms with Crippen LogP contribution in [0.5, 0.6) is 0 Å². The number of ether oxygens (including phenoxy) is 1. The van der Waals surface area contributed by atoms with Crippen molar-refractivity contribution in [3.05, 3.63) is 11.6 Å². The van der Waals surface area contributed by atoms with Crippen molar-refractivity contribution >= 4 is 35.8 Å². The van der Waals surface area contributed by atoms with Crippen LogP contribution < -0.4 is 10.6 Å². The van der Waals surface area contributed by atoms with Gasteiger partial charge in [-0.1, -0.05) is 12.8 Å². The van der Waals surface area contributed by atoms with Gasteiger partial charge in [0.05, 0.1) is 6.10 Å². The highest BCUT2D eigenvalue weighted by Crippen LogP contribution is 2.27. The highest BCUT2D eigenvalue weighted by Gasteiger charge is 2.32. The molecule has 0 aromatic carbocycles. The van der Waals surface area contributed by atoms with E-state index < -0.39 is 0 Å². The standard InChI is InChI=1S/C21H35N7O2.HI/c1-15-25-26-19(27(15)2)13-23-21(22-12-18-8-5-11-30-18)24-17-9-10-28(14-17)20(29)16-6-3-4-7-16;/h16-18H,3-14H2,1-2H3,(H2,22,23,24);1H. The Morgan fingerprint density at radius 2 is 2.00 bits per heavy atom. The number of hydrogen-bond donors (Lipinski definition) is 2. The molecule has 3 aliphatic rings. The highest BCUT2D eigenvalue weighted by atomic mass is 127. The Morgan fingerprint density at radius 1 is 1.19 bits per heavy atom. The molecule has 3 heterocycles. The summed E-state index contributed by atoms with van der Waals surface area (Å²) in [5, 5.41) is 15.3. The molecular weight excluding hydrogens is 509 g/mol. The minimum Gasteiger partial charge on any atom is -0.376 e. The van der Waals surface area contributed by atoms with E-state index in [0.717, 1.165) is 76.0 Å². The number of halogens is 1. The molecule has 9 nitrogen and oxygen atoms in total. The summed E-state index contributed by atoms with van der Waals surface area (Å²) in [6, 6.07) is 0.215. The maximum absolute atomic E-state index is 12.7. The summed E-state index contributed by atoms with van der Waals surface area (Å²) >= 11 is 0. The van der Waals surface area contributed by atoms with Crippen molar-refractivity contribution in [1.29, 1.82) is 0 Å². The number of carbonyl (C=O) groups is 1. The summed E-state index contributed by atoms with van der Waals surface area (Å²) in [4.78, 5) is 19.5. The zero-order valence-corrected chi connectivity index (χ0v) is 21.0. The van der Waals surface area contributed by atoms with Crippen LogP contribution >= 0.6 is 24.0 Å². The molecule has 31 heavy (non-hydrogen) atoms. The van der Waals surface area contributed by atoms with Crippen molar-refractivity contribution in [3.63, 3.8) is 0 Å². The van der Waals surface area contributed by atoms with E-state index >= 15 is 0 Å². The summed E-state index contributed by atoms with van der Waals surface area (Å²) in [5.41, 5.74) is 0. The molecule has 2 atom stereocenters. The van der Waals surface area contributed by atoms with Crippen LogP contribution in [0.25, 0.3) is 0 Å². The third kappa shape index (κ3) is 6.30. The van der Waals surface area contributed by atoms with Crippen LogP contribution in [0, 0.1) is 12.8 Å². The second kappa shape index (κ2) is 11.4. The lowest BCUT2D eigenvalue weighted by Gasteiger charge is -2.22. The number of aliphatic imine (C=N–C) groups is 1. The van der Waals surface area contributed by atoms with Crippen molar-refractivity contribution in [1.82, 2.24) is 30.3 Å². The summed E-state index contributed by atoms with van der Waals surface area (Å²) < 4.78 is 7.70. The van der Waals surface area contributed by atoms with Crippen LogP contribution in [0.3, 0.4) is 0 Å². The van der Waals surface area contributed by atoms with E-state index in [9.17, 15) is 4.79 Å². The first-order valence-electron chi connectivity index (χ1n) is 11.4. The first kappa shape index (κ1) is 24.2. The van der Waals surface area contributed by atoms with Crippen LogP contribution in [-0.2, 0) is 23.1 Å². The van der Waals surface area contributed by atoms with Gasteiger partial charge in [0.15, 0.2) is 11.8 Å². The third-order valence-corrected chi connectivity index (χ3v) is 6.63. The van der Waals surface area contributed by atoms with Gasteiger partial charge in [-0.05, 0) is 39.0 Å². The van der Waals surface area contributed by atoms with E-state index in [1.165, 1.54) is 12.8 Å². The monoisotopic (exact) mass is 545 g/mol. The molecule has 1 saturated carbocycles. The number of nitrogens with one attached hydrogen (secondary N) is 2. The minimum absolute atomic E-state index is 0. The van der Waals surface area contributed by atoms with Crippen molar-refractivity contribution in [3.8, 4) is 0 Å². The molecule has 1 aromatic heterocycles. The largest absolute Gasteiger partial charge is 0.376 e. The average molecular weight is 545 g/mol. The first-order chi connectivity index (χ1) is 14.6. The molecule has 4 rings (SSSR count). The van der Waals surface area contributed by atoms with E-state index in [4.69, 9.17) is 9.73 Å². The molecule has 2 unspecified atom stereocenters. The lowest BCUT2D eigenvalue weighted by atomic mass is 10.1. The van der Waals surface area contributed by atoms with Crippen LogP contribution in [0.15, 0.2) is 4.99 Å². The van der Waals surface area contributed by atoms with Crippen molar-refractivity contribution in [2.45, 2.75) is 70.6 Å². The van der Waals surface area contributed by atoms with Crippen molar-refractivity contribution in [2.75, 3.05) is 26.2 Å². The number of hydrogen-bond acceptors (Lipinski definition) is 5. The van der Waals surface area contributed by atoms with Gasteiger partial charge in [-0.3, -0.25) is 4.79 Å². The third-order valence-electron chi connectivity index (χ3n) is 6.63. The van der Waals surface area contributed by atoms with E-state index in [1.807, 2.05) is 23.4 Å². The maximum Gasteiger partial charge on any atom is 0.225 e. The topological polar surface area (TPSA) is 96.7 Å². The zero-order chi connectivity index (χ0) is 20.9. The molecule has 2 saturated heterocycles. The summed E-state index contributed by atoms with van der Waals surface area (Å²) in [5.74, 6) is 3.05. The fraction of sp³-hybridized carbons (Fsp3) is 0.810. The summed E-state index contributed by atoms with van der Waals surface area (Å²) in [6.07, 6.45) is 7.87. The molecule has 1 aromatic rings. The Hall–Kier alpha value is -1.43. The van der Waals surface area contributed by atoms with E-state index in [2.05, 4.69) is 20.8 Å². The zero-order valence-electron chi connectivity index (χ0n) is 18.7. The molecule has 1 amide bonds.